The van der Waals surface area contributed by atoms with Crippen molar-refractivity contribution in [3.05, 3.63) is 39.3 Å². The number of benzene rings is 1. The second kappa shape index (κ2) is 6.99. The molecule has 0 saturated carbocycles. The Morgan fingerprint density at radius 3 is 2.90 bits per heavy atom. The number of nitrogens with zero attached hydrogens (tertiary/aromatic N) is 1. The molecule has 1 heterocycles. The van der Waals surface area contributed by atoms with Gasteiger partial charge in [-0.2, -0.15) is 0 Å². The first kappa shape index (κ1) is 15.2. The van der Waals surface area contributed by atoms with Crippen molar-refractivity contribution >= 4 is 32.4 Å². The first-order valence-corrected chi connectivity index (χ1v) is 7.67. The molecule has 0 aliphatic carbocycles. The minimum absolute atomic E-state index is 0.00265. The van der Waals surface area contributed by atoms with Gasteiger partial charge >= 0.3 is 0 Å². The van der Waals surface area contributed by atoms with E-state index in [0.29, 0.717) is 0 Å². The summed E-state index contributed by atoms with van der Waals surface area (Å²) in [5.74, 6) is -1.38. The predicted octanol–water partition coefficient (Wildman–Crippen LogP) is 4.58. The minimum Gasteiger partial charge on any atom is -0.484 e. The van der Waals surface area contributed by atoms with Gasteiger partial charge in [0.1, 0.15) is 12.4 Å². The molecule has 0 saturated heterocycles. The summed E-state index contributed by atoms with van der Waals surface area (Å²) in [6, 6.07) is 1.96. The summed E-state index contributed by atoms with van der Waals surface area (Å²) in [7, 11) is 0. The van der Waals surface area contributed by atoms with Crippen molar-refractivity contribution in [3.63, 3.8) is 0 Å². The van der Waals surface area contributed by atoms with E-state index >= 15 is 0 Å². The van der Waals surface area contributed by atoms with Gasteiger partial charge < -0.3 is 10.1 Å². The maximum Gasteiger partial charge on any atom is 0.182 e. The van der Waals surface area contributed by atoms with Crippen LogP contribution in [0, 0.1) is 11.6 Å². The van der Waals surface area contributed by atoms with Crippen LogP contribution in [0.15, 0.2) is 22.8 Å². The molecule has 1 N–H and O–H groups in total. The third-order valence-corrected chi connectivity index (χ3v) is 3.92. The van der Waals surface area contributed by atoms with E-state index in [0.717, 1.165) is 29.0 Å². The molecule has 20 heavy (non-hydrogen) atoms. The Hall–Kier alpha value is -1.21. The monoisotopic (exact) mass is 362 g/mol. The summed E-state index contributed by atoms with van der Waals surface area (Å²) < 4.78 is 32.2. The molecule has 0 aliphatic rings. The lowest BCUT2D eigenvalue weighted by Gasteiger charge is -2.08. The van der Waals surface area contributed by atoms with Gasteiger partial charge in [0.05, 0.1) is 9.35 Å². The highest BCUT2D eigenvalue weighted by atomic mass is 79.9. The first-order chi connectivity index (χ1) is 9.60. The molecule has 1 aromatic heterocycles. The smallest absolute Gasteiger partial charge is 0.182 e. The molecule has 2 aromatic rings. The quantitative estimate of drug-likeness (QED) is 0.816. The van der Waals surface area contributed by atoms with Crippen LogP contribution in [0.3, 0.4) is 0 Å². The summed E-state index contributed by atoms with van der Waals surface area (Å²) in [6.07, 6.45) is 2.69. The van der Waals surface area contributed by atoms with Gasteiger partial charge in [-0.15, -0.1) is 0 Å². The van der Waals surface area contributed by atoms with Crippen molar-refractivity contribution in [2.45, 2.75) is 20.0 Å². The molecular formula is C13H13BrF2N2OS. The van der Waals surface area contributed by atoms with Gasteiger partial charge in [0.2, 0.25) is 0 Å². The molecule has 3 nitrogen and oxygen atoms in total. The number of ether oxygens (including phenoxy) is 1. The fourth-order valence-corrected chi connectivity index (χ4v) is 2.77. The summed E-state index contributed by atoms with van der Waals surface area (Å²) in [6.45, 7) is 3.11. The zero-order valence-corrected chi connectivity index (χ0v) is 13.2. The van der Waals surface area contributed by atoms with Crippen LogP contribution < -0.4 is 10.1 Å². The largest absolute Gasteiger partial charge is 0.484 e. The highest BCUT2D eigenvalue weighted by Crippen LogP contribution is 2.30. The topological polar surface area (TPSA) is 34.2 Å². The normalized spacial score (nSPS) is 10.6. The summed E-state index contributed by atoms with van der Waals surface area (Å²) in [4.78, 5) is 5.05. The molecular weight excluding hydrogens is 350 g/mol. The van der Waals surface area contributed by atoms with E-state index in [2.05, 4.69) is 33.2 Å². The Bertz CT molecular complexity index is 568. The predicted molar refractivity (Wildman–Crippen MR) is 79.3 cm³/mol. The van der Waals surface area contributed by atoms with Gasteiger partial charge in [0, 0.05) is 18.8 Å². The fraction of sp³-hybridized carbons (Fsp3) is 0.308. The number of halogens is 3. The zero-order chi connectivity index (χ0) is 14.5. The molecule has 0 atom stereocenters. The van der Waals surface area contributed by atoms with E-state index in [1.54, 1.807) is 6.20 Å². The fourth-order valence-electron chi connectivity index (χ4n) is 1.50. The van der Waals surface area contributed by atoms with E-state index in [9.17, 15) is 8.78 Å². The molecule has 0 fully saturated rings. The van der Waals surface area contributed by atoms with Crippen LogP contribution in [0.2, 0.25) is 0 Å². The zero-order valence-electron chi connectivity index (χ0n) is 10.8. The Morgan fingerprint density at radius 1 is 1.40 bits per heavy atom. The van der Waals surface area contributed by atoms with Crippen LogP contribution in [-0.2, 0) is 6.61 Å². The number of anilines is 1. The molecule has 0 unspecified atom stereocenters. The van der Waals surface area contributed by atoms with E-state index in [4.69, 9.17) is 4.74 Å². The van der Waals surface area contributed by atoms with Crippen molar-refractivity contribution in [2.24, 2.45) is 0 Å². The maximum absolute atomic E-state index is 13.6. The summed E-state index contributed by atoms with van der Waals surface area (Å²) >= 11 is 4.53. The Balaban J connectivity index is 2.00. The van der Waals surface area contributed by atoms with Crippen molar-refractivity contribution < 1.29 is 13.5 Å². The lowest BCUT2D eigenvalue weighted by molar-refractivity contribution is 0.290. The molecule has 0 bridgehead atoms. The second-order valence-corrected chi connectivity index (χ2v) is 6.02. The Kier molecular flexibility index (Phi) is 5.31. The lowest BCUT2D eigenvalue weighted by atomic mass is 10.3. The summed E-state index contributed by atoms with van der Waals surface area (Å²) in [5.41, 5.74) is 0. The molecule has 2 rings (SSSR count). The first-order valence-electron chi connectivity index (χ1n) is 6.06. The summed E-state index contributed by atoms with van der Waals surface area (Å²) in [5, 5.41) is 3.97. The second-order valence-electron chi connectivity index (χ2n) is 4.05. The highest BCUT2D eigenvalue weighted by Gasteiger charge is 2.12. The van der Waals surface area contributed by atoms with E-state index < -0.39 is 11.6 Å². The van der Waals surface area contributed by atoms with Crippen molar-refractivity contribution in [1.82, 2.24) is 4.98 Å². The number of aromatic nitrogens is 1. The van der Waals surface area contributed by atoms with E-state index in [-0.39, 0.29) is 16.8 Å². The van der Waals surface area contributed by atoms with Crippen LogP contribution in [-0.4, -0.2) is 11.5 Å². The minimum atomic E-state index is -0.731. The average molecular weight is 363 g/mol. The molecule has 0 aliphatic heterocycles. The number of hydrogen-bond donors (Lipinski definition) is 1. The number of hydrogen-bond acceptors (Lipinski definition) is 4. The van der Waals surface area contributed by atoms with Gasteiger partial charge in [-0.05, 0) is 28.4 Å². The van der Waals surface area contributed by atoms with Crippen molar-refractivity contribution in [3.8, 4) is 5.75 Å². The van der Waals surface area contributed by atoms with Gasteiger partial charge in [-0.25, -0.2) is 13.8 Å². The standard InChI is InChI=1S/C13H13BrF2N2OS/c1-2-3-17-13-18-6-9(20-13)7-19-12-10(14)4-8(15)5-11(12)16/h4-6H,2-3,7H2,1H3,(H,17,18). The average Bonchev–Trinajstić information content (AvgIpc) is 2.83. The number of nitrogens with one attached hydrogen (secondary N) is 1. The number of rotatable bonds is 6. The third kappa shape index (κ3) is 3.89. The van der Waals surface area contributed by atoms with Crippen LogP contribution in [0.5, 0.6) is 5.75 Å². The van der Waals surface area contributed by atoms with E-state index in [1.165, 1.54) is 17.4 Å². The highest BCUT2D eigenvalue weighted by molar-refractivity contribution is 9.10. The molecule has 7 heteroatoms. The molecule has 108 valence electrons. The van der Waals surface area contributed by atoms with Crippen LogP contribution >= 0.6 is 27.3 Å². The van der Waals surface area contributed by atoms with Gasteiger partial charge in [-0.3, -0.25) is 0 Å². The van der Waals surface area contributed by atoms with E-state index in [1.807, 2.05) is 0 Å². The van der Waals surface area contributed by atoms with Crippen LogP contribution in [0.1, 0.15) is 18.2 Å². The van der Waals surface area contributed by atoms with Crippen LogP contribution in [0.4, 0.5) is 13.9 Å². The molecule has 0 spiro atoms. The van der Waals surface area contributed by atoms with Crippen molar-refractivity contribution in [2.75, 3.05) is 11.9 Å². The third-order valence-electron chi connectivity index (χ3n) is 2.40. The Morgan fingerprint density at radius 2 is 2.20 bits per heavy atom. The maximum atomic E-state index is 13.6. The molecule has 1 aromatic carbocycles. The van der Waals surface area contributed by atoms with Gasteiger partial charge in [0.25, 0.3) is 0 Å². The van der Waals surface area contributed by atoms with Crippen molar-refractivity contribution in [1.29, 1.82) is 0 Å². The van der Waals surface area contributed by atoms with Crippen LogP contribution in [0.25, 0.3) is 0 Å². The molecule has 0 radical (unpaired) electrons. The SMILES string of the molecule is CCCNc1ncc(COc2c(F)cc(F)cc2Br)s1. The Labute approximate surface area is 128 Å². The van der Waals surface area contributed by atoms with Gasteiger partial charge in [0.15, 0.2) is 16.7 Å². The number of thiazole rings is 1. The van der Waals surface area contributed by atoms with Gasteiger partial charge in [-0.1, -0.05) is 18.3 Å². The molecule has 0 amide bonds. The lowest BCUT2D eigenvalue weighted by Crippen LogP contribution is -1.98.